The van der Waals surface area contributed by atoms with E-state index < -0.39 is 0 Å². The second-order valence-electron chi connectivity index (χ2n) is 10.8. The van der Waals surface area contributed by atoms with Crippen LogP contribution in [0.5, 0.6) is 0 Å². The second-order valence-corrected chi connectivity index (χ2v) is 10.8. The molecule has 0 unspecified atom stereocenters. The quantitative estimate of drug-likeness (QED) is 0.311. The number of allylic oxidation sites excluding steroid dienone is 4. The summed E-state index contributed by atoms with van der Waals surface area (Å²) in [5, 5.41) is 20.1. The van der Waals surface area contributed by atoms with Crippen LogP contribution in [-0.4, -0.2) is 46.1 Å². The molecule has 0 fully saturated rings. The summed E-state index contributed by atoms with van der Waals surface area (Å²) >= 11 is 0. The predicted octanol–water partition coefficient (Wildman–Crippen LogP) is 6.44. The summed E-state index contributed by atoms with van der Waals surface area (Å²) in [5.41, 5.74) is 11.3. The van der Waals surface area contributed by atoms with Gasteiger partial charge in [-0.25, -0.2) is 9.97 Å². The number of rotatable bonds is 6. The van der Waals surface area contributed by atoms with Crippen molar-refractivity contribution in [3.63, 3.8) is 0 Å². The van der Waals surface area contributed by atoms with Crippen LogP contribution in [0.25, 0.3) is 44.4 Å². The summed E-state index contributed by atoms with van der Waals surface area (Å²) in [6.45, 7) is 7.64. The van der Waals surface area contributed by atoms with Crippen molar-refractivity contribution in [3.8, 4) is 12.1 Å². The van der Waals surface area contributed by atoms with Crippen LogP contribution in [0.2, 0.25) is 0 Å². The molecule has 2 N–H and O–H groups in total. The van der Waals surface area contributed by atoms with Gasteiger partial charge in [-0.05, 0) is 98.2 Å². The minimum absolute atomic E-state index is 0.171. The maximum atomic E-state index is 12.1. The molecule has 2 aliphatic heterocycles. The molecule has 0 spiro atoms. The molecular weight excluding hydrogens is 556 g/mol. The van der Waals surface area contributed by atoms with E-state index in [2.05, 4.69) is 22.1 Å². The Kier molecular flexibility index (Phi) is 8.19. The van der Waals surface area contributed by atoms with Gasteiger partial charge in [0.05, 0.1) is 59.2 Å². The largest absolute Gasteiger partial charge is 0.469 e. The maximum absolute atomic E-state index is 12.1. The van der Waals surface area contributed by atoms with Gasteiger partial charge in [0.25, 0.3) is 0 Å². The van der Waals surface area contributed by atoms with Crippen molar-refractivity contribution in [1.82, 2.24) is 19.9 Å². The Morgan fingerprint density at radius 1 is 0.659 bits per heavy atom. The van der Waals surface area contributed by atoms with E-state index in [1.807, 2.05) is 52.0 Å². The summed E-state index contributed by atoms with van der Waals surface area (Å²) in [7, 11) is 2.72. The average molecular weight is 589 g/mol. The van der Waals surface area contributed by atoms with Crippen LogP contribution in [0.1, 0.15) is 84.6 Å². The molecule has 5 heterocycles. The number of esters is 2. The number of aryl methyl sites for hydroxylation is 2. The molecule has 44 heavy (non-hydrogen) atoms. The third kappa shape index (κ3) is 5.38. The highest BCUT2D eigenvalue weighted by Gasteiger charge is 2.23. The Labute approximate surface area is 254 Å². The van der Waals surface area contributed by atoms with E-state index in [4.69, 9.17) is 19.4 Å². The van der Waals surface area contributed by atoms with Gasteiger partial charge in [-0.2, -0.15) is 10.5 Å². The molecule has 5 rings (SSSR count). The van der Waals surface area contributed by atoms with Crippen molar-refractivity contribution in [2.75, 3.05) is 14.2 Å². The monoisotopic (exact) mass is 588 g/mol. The lowest BCUT2D eigenvalue weighted by molar-refractivity contribution is -0.141. The lowest BCUT2D eigenvalue weighted by Gasteiger charge is -2.06. The zero-order valence-electron chi connectivity index (χ0n) is 25.6. The standard InChI is InChI=1S/C34H32N6O4/c1-17-21(7-9-33(41)43-5)29-14-30-22(8-10-34(42)44-6)18(2)27(38-30)12-31-24(16-36)20(4)28(40-31)13-32-23(15-35)19(3)26(39-32)11-25(17)37-29/h11-14,39-40H,7-10H2,1-6H3. The van der Waals surface area contributed by atoms with Crippen molar-refractivity contribution in [3.05, 3.63) is 69.3 Å². The highest BCUT2D eigenvalue weighted by Crippen LogP contribution is 2.38. The molecule has 2 aliphatic rings. The first-order chi connectivity index (χ1) is 21.1. The fraction of sp³-hybridized carbons (Fsp3) is 0.294. The van der Waals surface area contributed by atoms with Gasteiger partial charge < -0.3 is 19.4 Å². The number of fused-ring (bicyclic) bond motifs is 8. The third-order valence-electron chi connectivity index (χ3n) is 8.37. The van der Waals surface area contributed by atoms with Gasteiger partial charge in [0, 0.05) is 23.9 Å². The highest BCUT2D eigenvalue weighted by atomic mass is 16.5. The smallest absolute Gasteiger partial charge is 0.305 e. The molecule has 0 radical (unpaired) electrons. The Bertz CT molecular complexity index is 2050. The molecule has 3 aromatic rings. The van der Waals surface area contributed by atoms with Crippen LogP contribution in [-0.2, 0) is 19.1 Å². The first-order valence-corrected chi connectivity index (χ1v) is 14.2. The number of nitrogens with zero attached hydrogens (tertiary/aromatic N) is 4. The van der Waals surface area contributed by atoms with Gasteiger partial charge >= 0.3 is 11.9 Å². The van der Waals surface area contributed by atoms with Crippen LogP contribution >= 0.6 is 0 Å². The number of hydrogen-bond donors (Lipinski definition) is 2. The molecule has 0 atom stereocenters. The summed E-state index contributed by atoms with van der Waals surface area (Å²) < 4.78 is 9.80. The van der Waals surface area contributed by atoms with E-state index >= 15 is 0 Å². The number of H-pyrrole nitrogens is 2. The van der Waals surface area contributed by atoms with Crippen molar-refractivity contribution in [1.29, 1.82) is 10.5 Å². The number of nitriles is 2. The van der Waals surface area contributed by atoms with Crippen LogP contribution in [0.3, 0.4) is 0 Å². The van der Waals surface area contributed by atoms with Gasteiger partial charge in [0.2, 0.25) is 0 Å². The van der Waals surface area contributed by atoms with Crippen molar-refractivity contribution in [2.24, 2.45) is 0 Å². The Hall–Kier alpha value is -5.48. The van der Waals surface area contributed by atoms with Crippen molar-refractivity contribution in [2.45, 2.75) is 53.4 Å². The first-order valence-electron chi connectivity index (χ1n) is 14.2. The molecule has 8 bridgehead atoms. The number of carbonyl (C=O) groups is 2. The molecule has 0 aromatic carbocycles. The van der Waals surface area contributed by atoms with Crippen LogP contribution in [0.4, 0.5) is 0 Å². The summed E-state index contributed by atoms with van der Waals surface area (Å²) in [6, 6.07) is 12.1. The normalized spacial score (nSPS) is 12.6. The zero-order chi connectivity index (χ0) is 31.7. The Morgan fingerprint density at radius 2 is 1.07 bits per heavy atom. The van der Waals surface area contributed by atoms with Crippen LogP contribution in [0.15, 0.2) is 24.3 Å². The SMILES string of the molecule is COC(=O)CCC1=C(C)c2cc3[nH]c(cc4[nH]c(cc5nc(cc1n2)C(CCC(=O)OC)=C5C)c(C#N)c4C)c(C#N)c3C. The zero-order valence-corrected chi connectivity index (χ0v) is 25.6. The number of aromatic nitrogens is 4. The van der Waals surface area contributed by atoms with Gasteiger partial charge in [0.15, 0.2) is 0 Å². The molecule has 10 heteroatoms. The first kappa shape index (κ1) is 30.0. The average Bonchev–Trinajstić information content (AvgIpc) is 3.67. The van der Waals surface area contributed by atoms with E-state index in [1.165, 1.54) is 14.2 Å². The van der Waals surface area contributed by atoms with Crippen molar-refractivity contribution >= 4 is 56.3 Å². The molecule has 0 saturated heterocycles. The highest BCUT2D eigenvalue weighted by molar-refractivity contribution is 5.96. The fourth-order valence-corrected chi connectivity index (χ4v) is 5.68. The van der Waals surface area contributed by atoms with E-state index in [9.17, 15) is 20.1 Å². The number of ether oxygens (including phenoxy) is 2. The van der Waals surface area contributed by atoms with Gasteiger partial charge in [0.1, 0.15) is 12.1 Å². The number of methoxy groups -OCH3 is 2. The molecule has 0 amide bonds. The Balaban J connectivity index is 1.90. The molecule has 0 aliphatic carbocycles. The molecular formula is C34H32N6O4. The van der Waals surface area contributed by atoms with E-state index in [0.29, 0.717) is 63.3 Å². The summed E-state index contributed by atoms with van der Waals surface area (Å²) in [5.74, 6) is -0.659. The molecule has 222 valence electrons. The minimum Gasteiger partial charge on any atom is -0.469 e. The second kappa shape index (κ2) is 12.0. The van der Waals surface area contributed by atoms with E-state index in [-0.39, 0.29) is 24.8 Å². The van der Waals surface area contributed by atoms with Gasteiger partial charge in [-0.3, -0.25) is 9.59 Å². The van der Waals surface area contributed by atoms with E-state index in [0.717, 1.165) is 38.9 Å². The van der Waals surface area contributed by atoms with Gasteiger partial charge in [-0.1, -0.05) is 0 Å². The van der Waals surface area contributed by atoms with Crippen molar-refractivity contribution < 1.29 is 19.1 Å². The lowest BCUT2D eigenvalue weighted by atomic mass is 9.98. The fourth-order valence-electron chi connectivity index (χ4n) is 5.68. The summed E-state index contributed by atoms with van der Waals surface area (Å²) in [4.78, 5) is 40.9. The summed E-state index contributed by atoms with van der Waals surface area (Å²) in [6.07, 6.45) is 1.15. The van der Waals surface area contributed by atoms with Crippen LogP contribution in [0, 0.1) is 36.5 Å². The molecule has 0 saturated carbocycles. The van der Waals surface area contributed by atoms with E-state index in [1.54, 1.807) is 0 Å². The maximum Gasteiger partial charge on any atom is 0.305 e. The number of nitrogens with one attached hydrogen (secondary N) is 2. The number of carbonyl (C=O) groups excluding carboxylic acids is 2. The van der Waals surface area contributed by atoms with Gasteiger partial charge in [-0.15, -0.1) is 0 Å². The topological polar surface area (TPSA) is 158 Å². The van der Waals surface area contributed by atoms with Crippen LogP contribution < -0.4 is 0 Å². The number of aromatic amines is 2. The third-order valence-corrected chi connectivity index (χ3v) is 8.37. The number of hydrogen-bond acceptors (Lipinski definition) is 8. The lowest BCUT2D eigenvalue weighted by Crippen LogP contribution is -2.01. The predicted molar refractivity (Wildman–Crippen MR) is 167 cm³/mol. The molecule has 3 aromatic heterocycles. The molecule has 10 nitrogen and oxygen atoms in total. The minimum atomic E-state index is -0.331. The Morgan fingerprint density at radius 3 is 1.50 bits per heavy atom.